The van der Waals surface area contributed by atoms with Crippen LogP contribution < -0.4 is 0 Å². The van der Waals surface area contributed by atoms with Gasteiger partial charge in [-0.15, -0.1) is 0 Å². The van der Waals surface area contributed by atoms with Crippen molar-refractivity contribution in [3.05, 3.63) is 45.6 Å². The quantitative estimate of drug-likeness (QED) is 0.451. The third kappa shape index (κ3) is 6.43. The highest BCUT2D eigenvalue weighted by atomic mass is 127. The Morgan fingerprint density at radius 2 is 2.06 bits per heavy atom. The van der Waals surface area contributed by atoms with Crippen LogP contribution in [0.25, 0.3) is 0 Å². The lowest BCUT2D eigenvalue weighted by Crippen LogP contribution is -2.02. The van der Waals surface area contributed by atoms with Gasteiger partial charge in [-0.1, -0.05) is 30.3 Å². The van der Waals surface area contributed by atoms with Gasteiger partial charge in [-0.3, -0.25) is 0 Å². The summed E-state index contributed by atoms with van der Waals surface area (Å²) < 4.78 is 11.1. The van der Waals surface area contributed by atoms with Crippen LogP contribution in [0.2, 0.25) is 0 Å². The van der Waals surface area contributed by atoms with E-state index in [0.717, 1.165) is 9.14 Å². The molecular formula is C13H15IO3. The van der Waals surface area contributed by atoms with Gasteiger partial charge in [-0.05, 0) is 35.1 Å². The zero-order valence-corrected chi connectivity index (χ0v) is 11.8. The maximum atomic E-state index is 11.1. The molecule has 0 bridgehead atoms. The lowest BCUT2D eigenvalue weighted by molar-refractivity contribution is -0.137. The summed E-state index contributed by atoms with van der Waals surface area (Å²) in [5.41, 5.74) is 1.12. The Morgan fingerprint density at radius 3 is 2.71 bits per heavy atom. The summed E-state index contributed by atoms with van der Waals surface area (Å²) in [5, 5.41) is 0. The molecule has 0 N–H and O–H groups in total. The van der Waals surface area contributed by atoms with Crippen molar-refractivity contribution < 1.29 is 14.3 Å². The molecule has 0 heterocycles. The fraction of sp³-hybridized carbons (Fsp3) is 0.308. The van der Waals surface area contributed by atoms with Gasteiger partial charge in [0.2, 0.25) is 0 Å². The van der Waals surface area contributed by atoms with Gasteiger partial charge in [0.15, 0.2) is 0 Å². The molecule has 0 atom stereocenters. The third-order valence-electron chi connectivity index (χ3n) is 1.91. The van der Waals surface area contributed by atoms with Crippen LogP contribution in [0.15, 0.2) is 40.0 Å². The van der Waals surface area contributed by atoms with E-state index in [2.05, 4.69) is 22.6 Å². The first-order chi connectivity index (χ1) is 8.22. The highest BCUT2D eigenvalue weighted by Gasteiger charge is 2.00. The maximum absolute atomic E-state index is 11.1. The summed E-state index contributed by atoms with van der Waals surface area (Å²) in [5.74, 6) is -0.319. The topological polar surface area (TPSA) is 35.5 Å². The van der Waals surface area contributed by atoms with Crippen LogP contribution in [0.5, 0.6) is 0 Å². The molecule has 1 aromatic carbocycles. The highest BCUT2D eigenvalue weighted by Crippen LogP contribution is 2.09. The van der Waals surface area contributed by atoms with Crippen LogP contribution in [0.3, 0.4) is 0 Å². The van der Waals surface area contributed by atoms with E-state index in [1.165, 1.54) is 6.08 Å². The molecule has 17 heavy (non-hydrogen) atoms. The summed E-state index contributed by atoms with van der Waals surface area (Å²) in [7, 11) is 0. The van der Waals surface area contributed by atoms with Gasteiger partial charge in [0.1, 0.15) is 0 Å². The Labute approximate surface area is 115 Å². The first-order valence-electron chi connectivity index (χ1n) is 5.37. The first-order valence-corrected chi connectivity index (χ1v) is 6.44. The van der Waals surface area contributed by atoms with Gasteiger partial charge < -0.3 is 9.47 Å². The molecule has 1 rings (SSSR count). The second kappa shape index (κ2) is 8.25. The minimum atomic E-state index is -0.319. The number of benzene rings is 1. The Kier molecular flexibility index (Phi) is 6.88. The number of carbonyl (C=O) groups is 1. The largest absolute Gasteiger partial charge is 0.463 e. The standard InChI is InChI=1S/C13H15IO3/c1-2-17-13(15)8-12(14)10-16-9-11-6-4-3-5-7-11/h3-8H,2,9-10H2,1H3/b12-8-. The van der Waals surface area contributed by atoms with E-state index in [1.807, 2.05) is 30.3 Å². The number of carbonyl (C=O) groups excluding carboxylic acids is 1. The Balaban J connectivity index is 2.29. The maximum Gasteiger partial charge on any atom is 0.331 e. The van der Waals surface area contributed by atoms with Crippen molar-refractivity contribution in [1.82, 2.24) is 0 Å². The van der Waals surface area contributed by atoms with Crippen molar-refractivity contribution in [3.8, 4) is 0 Å². The van der Waals surface area contributed by atoms with Crippen molar-refractivity contribution >= 4 is 28.6 Å². The summed E-state index contributed by atoms with van der Waals surface area (Å²) in [6.07, 6.45) is 1.45. The van der Waals surface area contributed by atoms with E-state index < -0.39 is 0 Å². The summed E-state index contributed by atoms with van der Waals surface area (Å²) in [6, 6.07) is 9.91. The van der Waals surface area contributed by atoms with Gasteiger partial charge in [0, 0.05) is 9.66 Å². The summed E-state index contributed by atoms with van der Waals surface area (Å²) in [4.78, 5) is 11.1. The second-order valence-electron chi connectivity index (χ2n) is 3.32. The Bertz CT molecular complexity index is 374. The minimum Gasteiger partial charge on any atom is -0.463 e. The van der Waals surface area contributed by atoms with E-state index in [9.17, 15) is 4.79 Å². The molecule has 0 saturated heterocycles. The molecule has 4 heteroatoms. The number of ether oxygens (including phenoxy) is 2. The van der Waals surface area contributed by atoms with E-state index in [-0.39, 0.29) is 5.97 Å². The van der Waals surface area contributed by atoms with Gasteiger partial charge >= 0.3 is 5.97 Å². The third-order valence-corrected chi connectivity index (χ3v) is 2.54. The molecule has 0 aliphatic carbocycles. The number of halogens is 1. The van der Waals surface area contributed by atoms with E-state index in [1.54, 1.807) is 6.92 Å². The van der Waals surface area contributed by atoms with Gasteiger partial charge in [0.05, 0.1) is 19.8 Å². The number of esters is 1. The molecule has 0 aliphatic heterocycles. The van der Waals surface area contributed by atoms with Gasteiger partial charge in [0.25, 0.3) is 0 Å². The molecule has 0 saturated carbocycles. The highest BCUT2D eigenvalue weighted by molar-refractivity contribution is 14.1. The SMILES string of the molecule is CCOC(=O)/C=C(\I)COCc1ccccc1. The number of rotatable bonds is 6. The first kappa shape index (κ1) is 14.2. The molecule has 0 unspecified atom stereocenters. The smallest absolute Gasteiger partial charge is 0.331 e. The van der Waals surface area contributed by atoms with E-state index >= 15 is 0 Å². The van der Waals surface area contributed by atoms with Crippen molar-refractivity contribution in [2.75, 3.05) is 13.2 Å². The molecule has 0 aliphatic rings. The monoisotopic (exact) mass is 346 g/mol. The van der Waals surface area contributed by atoms with Crippen LogP contribution in [0.1, 0.15) is 12.5 Å². The normalized spacial score (nSPS) is 11.3. The van der Waals surface area contributed by atoms with Gasteiger partial charge in [-0.25, -0.2) is 4.79 Å². The fourth-order valence-corrected chi connectivity index (χ4v) is 1.67. The van der Waals surface area contributed by atoms with Crippen molar-refractivity contribution in [3.63, 3.8) is 0 Å². The molecule has 0 amide bonds. The molecule has 0 aromatic heterocycles. The molecular weight excluding hydrogens is 331 g/mol. The lowest BCUT2D eigenvalue weighted by atomic mass is 10.2. The van der Waals surface area contributed by atoms with Gasteiger partial charge in [-0.2, -0.15) is 0 Å². The molecule has 92 valence electrons. The average molecular weight is 346 g/mol. The predicted molar refractivity (Wildman–Crippen MR) is 74.8 cm³/mol. The Hall–Kier alpha value is -0.880. The van der Waals surface area contributed by atoms with Crippen molar-refractivity contribution in [2.24, 2.45) is 0 Å². The predicted octanol–water partition coefficient (Wildman–Crippen LogP) is 3.09. The van der Waals surface area contributed by atoms with E-state index in [4.69, 9.17) is 9.47 Å². The van der Waals surface area contributed by atoms with Crippen LogP contribution >= 0.6 is 22.6 Å². The number of hydrogen-bond donors (Lipinski definition) is 0. The second-order valence-corrected chi connectivity index (χ2v) is 4.71. The van der Waals surface area contributed by atoms with Crippen LogP contribution in [0, 0.1) is 0 Å². The molecule has 3 nitrogen and oxygen atoms in total. The van der Waals surface area contributed by atoms with Crippen LogP contribution in [-0.2, 0) is 20.9 Å². The van der Waals surface area contributed by atoms with Crippen molar-refractivity contribution in [1.29, 1.82) is 0 Å². The molecule has 0 spiro atoms. The van der Waals surface area contributed by atoms with E-state index in [0.29, 0.717) is 19.8 Å². The molecule has 1 aromatic rings. The van der Waals surface area contributed by atoms with Crippen LogP contribution in [-0.4, -0.2) is 19.2 Å². The van der Waals surface area contributed by atoms with Crippen LogP contribution in [0.4, 0.5) is 0 Å². The van der Waals surface area contributed by atoms with Crippen molar-refractivity contribution in [2.45, 2.75) is 13.5 Å². The molecule has 0 radical (unpaired) electrons. The minimum absolute atomic E-state index is 0.319. The average Bonchev–Trinajstić information content (AvgIpc) is 2.30. The summed E-state index contributed by atoms with van der Waals surface area (Å²) >= 11 is 2.07. The summed E-state index contributed by atoms with van der Waals surface area (Å²) in [6.45, 7) is 3.15. The molecule has 0 fully saturated rings. The zero-order valence-electron chi connectivity index (χ0n) is 9.69. The Morgan fingerprint density at radius 1 is 1.35 bits per heavy atom. The zero-order chi connectivity index (χ0) is 12.5. The number of hydrogen-bond acceptors (Lipinski definition) is 3. The fourth-order valence-electron chi connectivity index (χ4n) is 1.19. The lowest BCUT2D eigenvalue weighted by Gasteiger charge is -2.03.